The van der Waals surface area contributed by atoms with Crippen LogP contribution in [0.1, 0.15) is 30.3 Å². The van der Waals surface area contributed by atoms with Gasteiger partial charge in [-0.05, 0) is 18.9 Å². The molecule has 0 aromatic carbocycles. The zero-order chi connectivity index (χ0) is 7.68. The van der Waals surface area contributed by atoms with Crippen LogP contribution in [0.2, 0.25) is 0 Å². The number of hydrogen-bond acceptors (Lipinski definition) is 2. The average molecular weight is 168 g/mol. The van der Waals surface area contributed by atoms with Crippen LogP contribution in [0.3, 0.4) is 0 Å². The van der Waals surface area contributed by atoms with Gasteiger partial charge in [-0.1, -0.05) is 0 Å². The molecule has 0 spiro atoms. The normalized spacial score (nSPS) is 23.5. The summed E-state index contributed by atoms with van der Waals surface area (Å²) in [4.78, 5) is 0. The van der Waals surface area contributed by atoms with E-state index < -0.39 is 0 Å². The maximum atomic E-state index is 5.45. The van der Waals surface area contributed by atoms with Gasteiger partial charge in [0.1, 0.15) is 16.2 Å². The second-order valence-corrected chi connectivity index (χ2v) is 3.39. The van der Waals surface area contributed by atoms with E-state index in [0.29, 0.717) is 6.10 Å². The third kappa shape index (κ3) is 1.14. The lowest BCUT2D eigenvalue weighted by molar-refractivity contribution is 0.196. The van der Waals surface area contributed by atoms with Crippen molar-refractivity contribution in [2.24, 2.45) is 0 Å². The minimum absolute atomic E-state index is 0.337. The predicted molar refractivity (Wildman–Crippen MR) is 45.4 cm³/mol. The van der Waals surface area contributed by atoms with E-state index in [1.807, 2.05) is 6.07 Å². The summed E-state index contributed by atoms with van der Waals surface area (Å²) < 4.78 is 10.8. The summed E-state index contributed by atoms with van der Waals surface area (Å²) in [5, 5.41) is 0. The van der Waals surface area contributed by atoms with E-state index in [2.05, 4.69) is 0 Å². The van der Waals surface area contributed by atoms with Crippen molar-refractivity contribution < 1.29 is 8.84 Å². The minimum Gasteiger partial charge on any atom is -0.469 e. The van der Waals surface area contributed by atoms with Crippen LogP contribution in [0.5, 0.6) is 0 Å². The summed E-state index contributed by atoms with van der Waals surface area (Å²) in [7, 11) is 0.818. The molecule has 1 aliphatic carbocycles. The Morgan fingerprint density at radius 3 is 3.36 bits per heavy atom. The van der Waals surface area contributed by atoms with Crippen LogP contribution in [-0.4, -0.2) is 10.5 Å². The lowest BCUT2D eigenvalue weighted by Crippen LogP contribution is -2.09. The van der Waals surface area contributed by atoms with Gasteiger partial charge in [-0.3, -0.25) is 0 Å². The van der Waals surface area contributed by atoms with Crippen LogP contribution >= 0.6 is 0 Å². The predicted octanol–water partition coefficient (Wildman–Crippen LogP) is 0.954. The molecule has 1 heterocycles. The Morgan fingerprint density at radius 1 is 1.64 bits per heavy atom. The molecule has 0 radical (unpaired) electrons. The zero-order valence-electron chi connectivity index (χ0n) is 6.67. The first-order valence-corrected chi connectivity index (χ1v) is 4.82. The molecule has 0 amide bonds. The lowest BCUT2D eigenvalue weighted by atomic mass is 9.96. The molecule has 2 nitrogen and oxygen atoms in total. The van der Waals surface area contributed by atoms with E-state index in [0.717, 1.165) is 29.1 Å². The number of rotatable bonds is 1. The van der Waals surface area contributed by atoms with Crippen molar-refractivity contribution in [1.29, 1.82) is 0 Å². The van der Waals surface area contributed by atoms with Gasteiger partial charge in [0.2, 0.25) is 0 Å². The number of fused-ring (bicyclic) bond motifs is 1. The molecule has 0 aliphatic heterocycles. The van der Waals surface area contributed by atoms with Gasteiger partial charge in [0.25, 0.3) is 0 Å². The Bertz CT molecular complexity index is 244. The Hall–Kier alpha value is -0.543. The molecule has 11 heavy (non-hydrogen) atoms. The monoisotopic (exact) mass is 168 g/mol. The summed E-state index contributed by atoms with van der Waals surface area (Å²) in [6.07, 6.45) is 5.56. The number of aryl methyl sites for hydroxylation is 1. The fourth-order valence-electron chi connectivity index (χ4n) is 1.69. The molecule has 0 fully saturated rings. The van der Waals surface area contributed by atoms with Gasteiger partial charge in [0.05, 0.1) is 12.4 Å². The van der Waals surface area contributed by atoms with Crippen LogP contribution < -0.4 is 0 Å². The molecule has 3 heteroatoms. The zero-order valence-corrected chi connectivity index (χ0v) is 8.67. The highest BCUT2D eigenvalue weighted by Gasteiger charge is 2.21. The van der Waals surface area contributed by atoms with Crippen LogP contribution in [0.15, 0.2) is 16.7 Å². The second-order valence-electron chi connectivity index (χ2n) is 2.92. The molecule has 1 aliphatic rings. The largest absolute Gasteiger partial charge is 0.469 e. The van der Waals surface area contributed by atoms with Gasteiger partial charge >= 0.3 is 0 Å². The highest BCUT2D eigenvalue weighted by molar-refractivity contribution is 5.98. The summed E-state index contributed by atoms with van der Waals surface area (Å²) >= 11 is 0. The van der Waals surface area contributed by atoms with Gasteiger partial charge in [-0.2, -0.15) is 0 Å². The van der Waals surface area contributed by atoms with E-state index in [9.17, 15) is 0 Å². The van der Waals surface area contributed by atoms with Crippen molar-refractivity contribution in [2.75, 3.05) is 0 Å². The summed E-state index contributed by atoms with van der Waals surface area (Å²) in [5.41, 5.74) is 1.28. The molecule has 0 saturated carbocycles. The topological polar surface area (TPSA) is 22.4 Å². The van der Waals surface area contributed by atoms with Gasteiger partial charge in [-0.15, -0.1) is 0 Å². The third-order valence-electron chi connectivity index (χ3n) is 2.28. The van der Waals surface area contributed by atoms with Crippen LogP contribution in [0.25, 0.3) is 0 Å². The molecule has 0 N–H and O–H groups in total. The fraction of sp³-hybridized carbons (Fsp3) is 0.500. The molecular formula is C8H12O2Si. The SMILES string of the molecule is [SiH3]OC1CCCc2occc21. The van der Waals surface area contributed by atoms with Crippen LogP contribution in [-0.2, 0) is 10.8 Å². The quantitative estimate of drug-likeness (QED) is 0.583. The molecule has 1 atom stereocenters. The summed E-state index contributed by atoms with van der Waals surface area (Å²) in [6, 6.07) is 2.04. The average Bonchev–Trinajstić information content (AvgIpc) is 2.50. The number of hydrogen-bond donors (Lipinski definition) is 0. The fourth-order valence-corrected chi connectivity index (χ4v) is 2.18. The Labute approximate surface area is 69.1 Å². The van der Waals surface area contributed by atoms with Gasteiger partial charge in [0, 0.05) is 12.0 Å². The lowest BCUT2D eigenvalue weighted by Gasteiger charge is -2.20. The summed E-state index contributed by atoms with van der Waals surface area (Å²) in [5.74, 6) is 1.14. The van der Waals surface area contributed by atoms with Crippen LogP contribution in [0, 0.1) is 0 Å². The molecule has 60 valence electrons. The van der Waals surface area contributed by atoms with Gasteiger partial charge in [0.15, 0.2) is 0 Å². The Balaban J connectivity index is 2.32. The van der Waals surface area contributed by atoms with Crippen molar-refractivity contribution in [2.45, 2.75) is 25.4 Å². The first-order chi connectivity index (χ1) is 5.42. The second kappa shape index (κ2) is 2.83. The van der Waals surface area contributed by atoms with Crippen LogP contribution in [0.4, 0.5) is 0 Å². The molecular weight excluding hydrogens is 156 g/mol. The molecule has 2 rings (SSSR count). The third-order valence-corrected chi connectivity index (χ3v) is 2.85. The van der Waals surface area contributed by atoms with E-state index in [-0.39, 0.29) is 0 Å². The molecule has 0 saturated heterocycles. The van der Waals surface area contributed by atoms with Crippen molar-refractivity contribution >= 4 is 10.5 Å². The summed E-state index contributed by atoms with van der Waals surface area (Å²) in [6.45, 7) is 0. The van der Waals surface area contributed by atoms with Crippen molar-refractivity contribution in [3.8, 4) is 0 Å². The van der Waals surface area contributed by atoms with Crippen molar-refractivity contribution in [3.63, 3.8) is 0 Å². The molecule has 0 bridgehead atoms. The Kier molecular flexibility index (Phi) is 1.83. The van der Waals surface area contributed by atoms with E-state index in [1.165, 1.54) is 12.0 Å². The molecule has 1 unspecified atom stereocenters. The van der Waals surface area contributed by atoms with E-state index in [1.54, 1.807) is 6.26 Å². The standard InChI is InChI=1S/C8H12O2Si/c11-10-8-3-1-2-7-6(8)4-5-9-7/h4-5,8H,1-3H2,11H3. The van der Waals surface area contributed by atoms with Crippen molar-refractivity contribution in [3.05, 3.63) is 23.7 Å². The minimum atomic E-state index is 0.337. The maximum Gasteiger partial charge on any atom is 0.146 e. The van der Waals surface area contributed by atoms with Gasteiger partial charge in [-0.25, -0.2) is 0 Å². The first kappa shape index (κ1) is 7.12. The Morgan fingerprint density at radius 2 is 2.55 bits per heavy atom. The maximum absolute atomic E-state index is 5.45. The molecule has 1 aromatic rings. The highest BCUT2D eigenvalue weighted by atomic mass is 28.2. The van der Waals surface area contributed by atoms with E-state index >= 15 is 0 Å². The highest BCUT2D eigenvalue weighted by Crippen LogP contribution is 2.32. The van der Waals surface area contributed by atoms with Crippen molar-refractivity contribution in [1.82, 2.24) is 0 Å². The van der Waals surface area contributed by atoms with E-state index in [4.69, 9.17) is 8.84 Å². The molecule has 1 aromatic heterocycles. The number of furan rings is 1. The smallest absolute Gasteiger partial charge is 0.146 e. The first-order valence-electron chi connectivity index (χ1n) is 4.01. The van der Waals surface area contributed by atoms with Gasteiger partial charge < -0.3 is 8.84 Å².